The molecule has 1 aliphatic carbocycles. The molecule has 7 heteroatoms. The number of fused-ring (bicyclic) bond motifs is 1. The van der Waals surface area contributed by atoms with Crippen LogP contribution in [0.15, 0.2) is 9.52 Å². The van der Waals surface area contributed by atoms with Gasteiger partial charge in [0.05, 0.1) is 5.71 Å². The Balaban J connectivity index is 2.55. The number of aromatic carboxylic acids is 1. The molecule has 0 bridgehead atoms. The molecule has 1 aliphatic rings. The molecule has 0 amide bonds. The molecule has 0 saturated heterocycles. The monoisotopic (exact) mass is 294 g/mol. The van der Waals surface area contributed by atoms with E-state index in [0.717, 1.165) is 0 Å². The van der Waals surface area contributed by atoms with E-state index in [2.05, 4.69) is 24.4 Å². The summed E-state index contributed by atoms with van der Waals surface area (Å²) in [7, 11) is 0. The Bertz CT molecular complexity index is 617. The second kappa shape index (κ2) is 4.90. The van der Waals surface area contributed by atoms with Gasteiger partial charge in [0.25, 0.3) is 0 Å². The number of thiocarbonyl (C=S) groups is 1. The number of carboxylic acids is 1. The average molecular weight is 294 g/mol. The quantitative estimate of drug-likeness (QED) is 0.606. The maximum atomic E-state index is 11.1. The van der Waals surface area contributed by atoms with E-state index in [1.807, 2.05) is 0 Å². The van der Waals surface area contributed by atoms with Gasteiger partial charge in [0, 0.05) is 17.5 Å². The predicted octanol–water partition coefficient (Wildman–Crippen LogP) is 0.461. The maximum absolute atomic E-state index is 11.1. The largest absolute Gasteiger partial charge is 0.542 e. The van der Waals surface area contributed by atoms with Crippen LogP contribution in [0.1, 0.15) is 47.7 Å². The first kappa shape index (κ1) is 14.5. The van der Waals surface area contributed by atoms with Crippen LogP contribution in [0.4, 0.5) is 0 Å². The number of hydrazone groups is 1. The fraction of sp³-hybridized carbons (Fsp3) is 0.462. The van der Waals surface area contributed by atoms with Crippen molar-refractivity contribution in [2.45, 2.75) is 33.6 Å². The van der Waals surface area contributed by atoms with Gasteiger partial charge in [-0.2, -0.15) is 5.10 Å². The van der Waals surface area contributed by atoms with Gasteiger partial charge in [-0.25, -0.2) is 0 Å². The van der Waals surface area contributed by atoms with Crippen LogP contribution in [0.2, 0.25) is 0 Å². The zero-order valence-corrected chi connectivity index (χ0v) is 12.4. The Kier molecular flexibility index (Phi) is 3.56. The minimum atomic E-state index is -1.32. The first-order valence-electron chi connectivity index (χ1n) is 6.17. The number of hydrogen-bond acceptors (Lipinski definition) is 5. The van der Waals surface area contributed by atoms with Gasteiger partial charge in [0.15, 0.2) is 10.9 Å². The number of nitrogens with two attached hydrogens (primary N) is 1. The molecule has 0 fully saturated rings. The van der Waals surface area contributed by atoms with Crippen LogP contribution in [0.25, 0.3) is 0 Å². The lowest BCUT2D eigenvalue weighted by Gasteiger charge is -2.29. The highest BCUT2D eigenvalue weighted by atomic mass is 32.1. The third-order valence-corrected chi connectivity index (χ3v) is 3.37. The summed E-state index contributed by atoms with van der Waals surface area (Å²) in [6.45, 7) is 5.80. The van der Waals surface area contributed by atoms with Gasteiger partial charge < -0.3 is 20.1 Å². The Labute approximate surface area is 122 Å². The minimum Gasteiger partial charge on any atom is -0.542 e. The van der Waals surface area contributed by atoms with E-state index in [1.54, 1.807) is 6.92 Å². The SMILES string of the molecule is Cc1c(C(=O)[O-])oc2c1C(=NNC(N)=S)CC(C)(C)C2. The lowest BCUT2D eigenvalue weighted by atomic mass is 9.75. The Morgan fingerprint density at radius 1 is 1.50 bits per heavy atom. The van der Waals surface area contributed by atoms with Crippen molar-refractivity contribution in [2.24, 2.45) is 16.3 Å². The Morgan fingerprint density at radius 3 is 2.70 bits per heavy atom. The number of hydrogen-bond donors (Lipinski definition) is 2. The number of furan rings is 1. The van der Waals surface area contributed by atoms with E-state index in [4.69, 9.17) is 22.4 Å². The van der Waals surface area contributed by atoms with E-state index < -0.39 is 5.97 Å². The van der Waals surface area contributed by atoms with E-state index in [-0.39, 0.29) is 16.3 Å². The number of carbonyl (C=O) groups excluding carboxylic acids is 1. The molecule has 2 rings (SSSR count). The Morgan fingerprint density at radius 2 is 2.15 bits per heavy atom. The van der Waals surface area contributed by atoms with Crippen LogP contribution in [0.5, 0.6) is 0 Å². The van der Waals surface area contributed by atoms with Gasteiger partial charge in [0.1, 0.15) is 11.7 Å². The summed E-state index contributed by atoms with van der Waals surface area (Å²) in [5, 5.41) is 15.3. The molecule has 1 heterocycles. The topological polar surface area (TPSA) is 104 Å². The first-order valence-corrected chi connectivity index (χ1v) is 6.58. The summed E-state index contributed by atoms with van der Waals surface area (Å²) < 4.78 is 5.44. The van der Waals surface area contributed by atoms with E-state index >= 15 is 0 Å². The minimum absolute atomic E-state index is 0.0590. The molecule has 0 aromatic carbocycles. The van der Waals surface area contributed by atoms with Crippen LogP contribution in [-0.4, -0.2) is 16.8 Å². The van der Waals surface area contributed by atoms with Gasteiger partial charge >= 0.3 is 0 Å². The van der Waals surface area contributed by atoms with Crippen molar-refractivity contribution in [1.82, 2.24) is 5.43 Å². The summed E-state index contributed by atoms with van der Waals surface area (Å²) >= 11 is 4.73. The van der Waals surface area contributed by atoms with E-state index in [1.165, 1.54) is 0 Å². The van der Waals surface area contributed by atoms with Gasteiger partial charge in [-0.05, 0) is 31.0 Å². The van der Waals surface area contributed by atoms with Crippen LogP contribution in [-0.2, 0) is 6.42 Å². The van der Waals surface area contributed by atoms with Crippen LogP contribution in [0.3, 0.4) is 0 Å². The van der Waals surface area contributed by atoms with E-state index in [0.29, 0.717) is 35.4 Å². The number of nitrogens with zero attached hydrogens (tertiary/aromatic N) is 1. The van der Waals surface area contributed by atoms with Crippen molar-refractivity contribution in [2.75, 3.05) is 0 Å². The molecule has 20 heavy (non-hydrogen) atoms. The molecule has 0 unspecified atom stereocenters. The highest BCUT2D eigenvalue weighted by molar-refractivity contribution is 7.80. The fourth-order valence-corrected chi connectivity index (χ4v) is 2.57. The molecule has 108 valence electrons. The standard InChI is InChI=1S/C13H17N3O3S/c1-6-9-7(15-16-12(14)20)4-13(2,3)5-8(9)19-10(6)11(17)18/h4-5H2,1-3H3,(H,17,18)(H3,14,16,20)/p-1. The summed E-state index contributed by atoms with van der Waals surface area (Å²) in [5.74, 6) is -0.853. The van der Waals surface area contributed by atoms with Crippen LogP contribution < -0.4 is 16.3 Å². The van der Waals surface area contributed by atoms with Crippen molar-refractivity contribution >= 4 is 29.0 Å². The molecule has 6 nitrogen and oxygen atoms in total. The molecule has 0 radical (unpaired) electrons. The number of rotatable bonds is 2. The molecule has 1 aromatic rings. The van der Waals surface area contributed by atoms with Crippen molar-refractivity contribution in [3.63, 3.8) is 0 Å². The Hall–Kier alpha value is -1.89. The third-order valence-electron chi connectivity index (χ3n) is 3.28. The molecule has 0 spiro atoms. The van der Waals surface area contributed by atoms with Crippen molar-refractivity contribution in [3.8, 4) is 0 Å². The molecule has 1 aromatic heterocycles. The normalized spacial score (nSPS) is 18.6. The van der Waals surface area contributed by atoms with Crippen molar-refractivity contribution in [1.29, 1.82) is 0 Å². The zero-order chi connectivity index (χ0) is 15.1. The van der Waals surface area contributed by atoms with Crippen molar-refractivity contribution in [3.05, 3.63) is 22.6 Å². The van der Waals surface area contributed by atoms with Gasteiger partial charge in [-0.3, -0.25) is 5.43 Å². The van der Waals surface area contributed by atoms with Crippen LogP contribution >= 0.6 is 12.2 Å². The molecule has 0 saturated carbocycles. The summed E-state index contributed by atoms with van der Waals surface area (Å²) in [6.07, 6.45) is 1.31. The van der Waals surface area contributed by atoms with E-state index in [9.17, 15) is 9.90 Å². The van der Waals surface area contributed by atoms with Crippen molar-refractivity contribution < 1.29 is 14.3 Å². The number of nitrogens with one attached hydrogen (secondary N) is 1. The third kappa shape index (κ3) is 2.67. The number of carboxylic acid groups (broad SMARTS) is 1. The van der Waals surface area contributed by atoms with Gasteiger partial charge in [0.2, 0.25) is 0 Å². The summed E-state index contributed by atoms with van der Waals surface area (Å²) in [6, 6.07) is 0. The lowest BCUT2D eigenvalue weighted by Crippen LogP contribution is -2.31. The highest BCUT2D eigenvalue weighted by Gasteiger charge is 2.35. The molecular formula is C13H16N3O3S-. The van der Waals surface area contributed by atoms with Gasteiger partial charge in [-0.15, -0.1) is 0 Å². The molecule has 0 atom stereocenters. The maximum Gasteiger partial charge on any atom is 0.184 e. The first-order chi connectivity index (χ1) is 9.21. The van der Waals surface area contributed by atoms with Crippen LogP contribution in [0, 0.1) is 12.3 Å². The summed E-state index contributed by atoms with van der Waals surface area (Å²) in [4.78, 5) is 11.1. The average Bonchev–Trinajstić information content (AvgIpc) is 2.62. The highest BCUT2D eigenvalue weighted by Crippen LogP contribution is 2.38. The number of carbonyl (C=O) groups is 1. The summed E-state index contributed by atoms with van der Waals surface area (Å²) in [5.41, 5.74) is 9.77. The zero-order valence-electron chi connectivity index (χ0n) is 11.6. The predicted molar refractivity (Wildman–Crippen MR) is 76.3 cm³/mol. The fourth-order valence-electron chi connectivity index (χ4n) is 2.53. The molecule has 3 N–H and O–H groups in total. The smallest absolute Gasteiger partial charge is 0.184 e. The second-order valence-corrected chi connectivity index (χ2v) is 6.13. The van der Waals surface area contributed by atoms with Gasteiger partial charge in [-0.1, -0.05) is 13.8 Å². The molecular weight excluding hydrogens is 278 g/mol. The second-order valence-electron chi connectivity index (χ2n) is 5.69. The molecule has 0 aliphatic heterocycles. The lowest BCUT2D eigenvalue weighted by molar-refractivity contribution is -0.257.